The molecule has 1 aliphatic heterocycles. The van der Waals surface area contributed by atoms with Gasteiger partial charge in [-0.05, 0) is 48.1 Å². The number of amides is 1. The lowest BCUT2D eigenvalue weighted by Crippen LogP contribution is -2.47. The average Bonchev–Trinajstić information content (AvgIpc) is 2.94. The molecule has 2 fully saturated rings. The van der Waals surface area contributed by atoms with Gasteiger partial charge >= 0.3 is 0 Å². The van der Waals surface area contributed by atoms with E-state index in [2.05, 4.69) is 0 Å². The van der Waals surface area contributed by atoms with Crippen LogP contribution < -0.4 is 0 Å². The van der Waals surface area contributed by atoms with Gasteiger partial charge in [0, 0.05) is 19.1 Å². The van der Waals surface area contributed by atoms with Gasteiger partial charge in [-0.2, -0.15) is 15.6 Å². The number of thiophene rings is 1. The van der Waals surface area contributed by atoms with Crippen molar-refractivity contribution >= 4 is 27.3 Å². The molecule has 0 unspecified atom stereocenters. The van der Waals surface area contributed by atoms with Crippen LogP contribution in [0.4, 0.5) is 0 Å². The summed E-state index contributed by atoms with van der Waals surface area (Å²) in [4.78, 5) is 14.7. The standard InChI is InChI=1S/C14H20N2O3S2/c1-21(18,19)16-7-2-3-13(16)14(17)15(12-4-5-12)9-11-6-8-20-10-11/h6,8,10,12-13H,2-5,7,9H2,1H3/t13-/m0/s1. The highest BCUT2D eigenvalue weighted by Gasteiger charge is 2.42. The molecule has 7 heteroatoms. The molecule has 1 saturated carbocycles. The van der Waals surface area contributed by atoms with Crippen molar-refractivity contribution in [2.24, 2.45) is 0 Å². The smallest absolute Gasteiger partial charge is 0.241 e. The Morgan fingerprint density at radius 2 is 2.19 bits per heavy atom. The van der Waals surface area contributed by atoms with E-state index in [0.717, 1.165) is 24.8 Å². The Balaban J connectivity index is 1.78. The van der Waals surface area contributed by atoms with Crippen molar-refractivity contribution < 1.29 is 13.2 Å². The summed E-state index contributed by atoms with van der Waals surface area (Å²) in [5.74, 6) is -0.0216. The van der Waals surface area contributed by atoms with Gasteiger partial charge in [0.05, 0.1) is 6.26 Å². The number of rotatable bonds is 5. The number of sulfonamides is 1. The van der Waals surface area contributed by atoms with Crippen LogP contribution in [0, 0.1) is 0 Å². The van der Waals surface area contributed by atoms with Gasteiger partial charge in [0.1, 0.15) is 6.04 Å². The van der Waals surface area contributed by atoms with Crippen LogP contribution >= 0.6 is 11.3 Å². The number of nitrogens with zero attached hydrogens (tertiary/aromatic N) is 2. The lowest BCUT2D eigenvalue weighted by molar-refractivity contribution is -0.135. The van der Waals surface area contributed by atoms with Crippen molar-refractivity contribution in [1.82, 2.24) is 9.21 Å². The van der Waals surface area contributed by atoms with Crippen molar-refractivity contribution in [2.45, 2.75) is 44.3 Å². The number of hydrogen-bond donors (Lipinski definition) is 0. The topological polar surface area (TPSA) is 57.7 Å². The molecule has 2 heterocycles. The van der Waals surface area contributed by atoms with E-state index in [4.69, 9.17) is 0 Å². The molecular formula is C14H20N2O3S2. The van der Waals surface area contributed by atoms with E-state index in [-0.39, 0.29) is 5.91 Å². The van der Waals surface area contributed by atoms with Crippen LogP contribution in [0.5, 0.6) is 0 Å². The Hall–Kier alpha value is -0.920. The highest BCUT2D eigenvalue weighted by Crippen LogP contribution is 2.32. The van der Waals surface area contributed by atoms with Crippen LogP contribution in [0.3, 0.4) is 0 Å². The van der Waals surface area contributed by atoms with Crippen molar-refractivity contribution in [2.75, 3.05) is 12.8 Å². The molecule has 1 aliphatic carbocycles. The zero-order chi connectivity index (χ0) is 15.0. The molecule has 0 N–H and O–H groups in total. The molecule has 1 amide bonds. The largest absolute Gasteiger partial charge is 0.334 e. The van der Waals surface area contributed by atoms with E-state index in [1.54, 1.807) is 11.3 Å². The minimum absolute atomic E-state index is 0.0216. The average molecular weight is 328 g/mol. The third-order valence-electron chi connectivity index (χ3n) is 4.12. The lowest BCUT2D eigenvalue weighted by Gasteiger charge is -2.29. The first-order valence-corrected chi connectivity index (χ1v) is 10.0. The fourth-order valence-electron chi connectivity index (χ4n) is 2.93. The Morgan fingerprint density at radius 3 is 2.76 bits per heavy atom. The number of carbonyl (C=O) groups excluding carboxylic acids is 1. The molecular weight excluding hydrogens is 308 g/mol. The minimum atomic E-state index is -3.31. The summed E-state index contributed by atoms with van der Waals surface area (Å²) in [5.41, 5.74) is 1.13. The fraction of sp³-hybridized carbons (Fsp3) is 0.643. The van der Waals surface area contributed by atoms with Crippen LogP contribution in [-0.4, -0.2) is 48.4 Å². The van der Waals surface area contributed by atoms with Gasteiger partial charge in [0.25, 0.3) is 0 Å². The Kier molecular flexibility index (Phi) is 4.07. The van der Waals surface area contributed by atoms with Crippen LogP contribution in [0.15, 0.2) is 16.8 Å². The van der Waals surface area contributed by atoms with Gasteiger partial charge in [-0.25, -0.2) is 8.42 Å². The molecule has 0 bridgehead atoms. The molecule has 2 aliphatic rings. The SMILES string of the molecule is CS(=O)(=O)N1CCC[C@H]1C(=O)N(Cc1ccsc1)C1CC1. The van der Waals surface area contributed by atoms with Gasteiger partial charge in [0.2, 0.25) is 15.9 Å². The first-order valence-electron chi connectivity index (χ1n) is 7.25. The Morgan fingerprint density at radius 1 is 1.43 bits per heavy atom. The number of hydrogen-bond acceptors (Lipinski definition) is 4. The maximum absolute atomic E-state index is 12.8. The van der Waals surface area contributed by atoms with Gasteiger partial charge in [-0.3, -0.25) is 4.79 Å². The van der Waals surface area contributed by atoms with Crippen LogP contribution in [-0.2, 0) is 21.4 Å². The summed E-state index contributed by atoms with van der Waals surface area (Å²) in [6.45, 7) is 1.06. The van der Waals surface area contributed by atoms with Gasteiger partial charge in [-0.1, -0.05) is 0 Å². The van der Waals surface area contributed by atoms with Gasteiger partial charge in [-0.15, -0.1) is 0 Å². The maximum Gasteiger partial charge on any atom is 0.241 e. The quantitative estimate of drug-likeness (QED) is 0.826. The van der Waals surface area contributed by atoms with Crippen molar-refractivity contribution in [3.8, 4) is 0 Å². The molecule has 1 saturated heterocycles. The van der Waals surface area contributed by atoms with Crippen molar-refractivity contribution in [3.05, 3.63) is 22.4 Å². The predicted molar refractivity (Wildman–Crippen MR) is 82.5 cm³/mol. The minimum Gasteiger partial charge on any atom is -0.334 e. The Labute approximate surface area is 129 Å². The second kappa shape index (κ2) is 5.70. The maximum atomic E-state index is 12.8. The summed E-state index contributed by atoms with van der Waals surface area (Å²) in [6.07, 6.45) is 4.65. The van der Waals surface area contributed by atoms with E-state index in [0.29, 0.717) is 25.6 Å². The van der Waals surface area contributed by atoms with E-state index in [1.165, 1.54) is 10.6 Å². The van der Waals surface area contributed by atoms with Crippen LogP contribution in [0.25, 0.3) is 0 Å². The first-order chi connectivity index (χ1) is 9.97. The zero-order valence-electron chi connectivity index (χ0n) is 12.1. The van der Waals surface area contributed by atoms with E-state index < -0.39 is 16.1 Å². The number of carbonyl (C=O) groups is 1. The lowest BCUT2D eigenvalue weighted by atomic mass is 10.2. The summed E-state index contributed by atoms with van der Waals surface area (Å²) in [7, 11) is -3.31. The predicted octanol–water partition coefficient (Wildman–Crippen LogP) is 1.66. The van der Waals surface area contributed by atoms with E-state index in [9.17, 15) is 13.2 Å². The molecule has 3 rings (SSSR count). The van der Waals surface area contributed by atoms with Crippen molar-refractivity contribution in [1.29, 1.82) is 0 Å². The first kappa shape index (κ1) is 15.0. The second-order valence-electron chi connectivity index (χ2n) is 5.86. The molecule has 0 radical (unpaired) electrons. The second-order valence-corrected chi connectivity index (χ2v) is 8.58. The summed E-state index contributed by atoms with van der Waals surface area (Å²) in [5, 5.41) is 4.05. The summed E-state index contributed by atoms with van der Waals surface area (Å²) < 4.78 is 25.0. The summed E-state index contributed by atoms with van der Waals surface area (Å²) >= 11 is 1.62. The molecule has 21 heavy (non-hydrogen) atoms. The van der Waals surface area contributed by atoms with Crippen molar-refractivity contribution in [3.63, 3.8) is 0 Å². The van der Waals surface area contributed by atoms with E-state index >= 15 is 0 Å². The highest BCUT2D eigenvalue weighted by atomic mass is 32.2. The summed E-state index contributed by atoms with van der Waals surface area (Å²) in [6, 6.07) is 1.81. The molecule has 1 atom stereocenters. The van der Waals surface area contributed by atoms with Gasteiger partial charge in [0.15, 0.2) is 0 Å². The molecule has 1 aromatic heterocycles. The molecule has 0 spiro atoms. The zero-order valence-corrected chi connectivity index (χ0v) is 13.7. The monoisotopic (exact) mass is 328 g/mol. The highest BCUT2D eigenvalue weighted by molar-refractivity contribution is 7.88. The Bertz CT molecular complexity index is 608. The normalized spacial score (nSPS) is 23.4. The van der Waals surface area contributed by atoms with Crippen LogP contribution in [0.1, 0.15) is 31.2 Å². The van der Waals surface area contributed by atoms with Crippen LogP contribution in [0.2, 0.25) is 0 Å². The molecule has 1 aromatic rings. The fourth-order valence-corrected chi connectivity index (χ4v) is 4.71. The molecule has 5 nitrogen and oxygen atoms in total. The van der Waals surface area contributed by atoms with Gasteiger partial charge < -0.3 is 4.90 Å². The molecule has 0 aromatic carbocycles. The van der Waals surface area contributed by atoms with E-state index in [1.807, 2.05) is 21.7 Å². The molecule has 116 valence electrons. The third kappa shape index (κ3) is 3.30. The third-order valence-corrected chi connectivity index (χ3v) is 6.14.